The molecule has 3 atom stereocenters. The van der Waals surface area contributed by atoms with Gasteiger partial charge in [-0.15, -0.1) is 0 Å². The smallest absolute Gasteiger partial charge is 0.237 e. The molecule has 3 saturated heterocycles. The summed E-state index contributed by atoms with van der Waals surface area (Å²) in [7, 11) is 0. The highest BCUT2D eigenvalue weighted by atomic mass is 19.1. The number of likely N-dealkylation sites (tertiary alicyclic amines) is 2. The van der Waals surface area contributed by atoms with Gasteiger partial charge in [-0.1, -0.05) is 0 Å². The van der Waals surface area contributed by atoms with Crippen LogP contribution < -0.4 is 10.2 Å². The molecular formula is C34H32FN9O2. The lowest BCUT2D eigenvalue weighted by molar-refractivity contribution is -0.133. The average Bonchev–Trinajstić information content (AvgIpc) is 3.90. The third kappa shape index (κ3) is 5.34. The first-order chi connectivity index (χ1) is 22.5. The van der Waals surface area contributed by atoms with Crippen molar-refractivity contribution in [3.63, 3.8) is 0 Å². The van der Waals surface area contributed by atoms with E-state index in [1.165, 1.54) is 12.4 Å². The molecule has 5 aromatic rings. The van der Waals surface area contributed by atoms with Gasteiger partial charge in [0.05, 0.1) is 36.4 Å². The van der Waals surface area contributed by atoms with Crippen molar-refractivity contribution in [1.29, 1.82) is 0 Å². The summed E-state index contributed by atoms with van der Waals surface area (Å²) in [4.78, 5) is 45.3. The van der Waals surface area contributed by atoms with Gasteiger partial charge in [0.15, 0.2) is 11.6 Å². The lowest BCUT2D eigenvalue weighted by Crippen LogP contribution is -2.51. The largest absolute Gasteiger partial charge is 0.365 e. The molecule has 11 nitrogen and oxygen atoms in total. The molecule has 12 heteroatoms. The quantitative estimate of drug-likeness (QED) is 0.281. The number of hydrogen-bond acceptors (Lipinski definition) is 8. The summed E-state index contributed by atoms with van der Waals surface area (Å²) in [6.45, 7) is 3.09. The van der Waals surface area contributed by atoms with Gasteiger partial charge in [0, 0.05) is 66.0 Å². The highest BCUT2D eigenvalue weighted by Gasteiger charge is 2.45. The number of nitrogens with zero attached hydrogens (tertiary/aromatic N) is 7. The highest BCUT2D eigenvalue weighted by molar-refractivity contribution is 5.99. The minimum atomic E-state index is -0.459. The van der Waals surface area contributed by atoms with Crippen LogP contribution in [0.5, 0.6) is 0 Å². The van der Waals surface area contributed by atoms with Crippen molar-refractivity contribution in [2.75, 3.05) is 42.9 Å². The highest BCUT2D eigenvalue weighted by Crippen LogP contribution is 2.36. The van der Waals surface area contributed by atoms with Crippen molar-refractivity contribution in [3.05, 3.63) is 85.2 Å². The number of aromatic nitrogens is 5. The van der Waals surface area contributed by atoms with Gasteiger partial charge >= 0.3 is 0 Å². The molecule has 3 aliphatic rings. The molecule has 46 heavy (non-hydrogen) atoms. The summed E-state index contributed by atoms with van der Waals surface area (Å²) in [5.74, 6) is -0.0528. The molecule has 2 aromatic carbocycles. The molecule has 0 aliphatic carbocycles. The number of rotatable bonds is 7. The summed E-state index contributed by atoms with van der Waals surface area (Å²) in [6.07, 6.45) is 7.46. The van der Waals surface area contributed by atoms with Crippen LogP contribution in [0.3, 0.4) is 0 Å². The van der Waals surface area contributed by atoms with E-state index in [4.69, 9.17) is 0 Å². The predicted molar refractivity (Wildman–Crippen MR) is 171 cm³/mol. The van der Waals surface area contributed by atoms with E-state index in [9.17, 15) is 14.0 Å². The number of halogens is 1. The molecule has 3 aliphatic heterocycles. The number of aromatic amines is 1. The van der Waals surface area contributed by atoms with Crippen LogP contribution in [-0.4, -0.2) is 91.6 Å². The van der Waals surface area contributed by atoms with Crippen molar-refractivity contribution in [2.45, 2.75) is 24.9 Å². The first-order valence-electron chi connectivity index (χ1n) is 15.5. The first kappa shape index (κ1) is 28.3. The lowest BCUT2D eigenvalue weighted by Gasteiger charge is -2.36. The van der Waals surface area contributed by atoms with Crippen molar-refractivity contribution in [3.8, 4) is 22.6 Å². The Morgan fingerprint density at radius 1 is 0.935 bits per heavy atom. The number of benzene rings is 2. The fourth-order valence-electron chi connectivity index (χ4n) is 7.09. The van der Waals surface area contributed by atoms with Crippen LogP contribution in [0, 0.1) is 11.7 Å². The van der Waals surface area contributed by atoms with E-state index in [0.717, 1.165) is 58.6 Å². The summed E-state index contributed by atoms with van der Waals surface area (Å²) < 4.78 is 13.2. The van der Waals surface area contributed by atoms with E-state index in [-0.39, 0.29) is 29.8 Å². The second-order valence-electron chi connectivity index (χ2n) is 12.3. The normalized spacial score (nSPS) is 20.9. The van der Waals surface area contributed by atoms with Gasteiger partial charge in [-0.25, -0.2) is 14.4 Å². The topological polar surface area (TPSA) is 123 Å². The summed E-state index contributed by atoms with van der Waals surface area (Å²) in [5, 5.41) is 11.5. The van der Waals surface area contributed by atoms with Gasteiger partial charge in [-0.2, -0.15) is 5.10 Å². The van der Waals surface area contributed by atoms with Crippen LogP contribution >= 0.6 is 0 Å². The number of anilines is 2. The van der Waals surface area contributed by atoms with E-state index < -0.39 is 5.82 Å². The van der Waals surface area contributed by atoms with Crippen molar-refractivity contribution >= 4 is 34.1 Å². The van der Waals surface area contributed by atoms with Crippen molar-refractivity contribution in [2.24, 2.45) is 5.92 Å². The van der Waals surface area contributed by atoms with Crippen LogP contribution in [0.25, 0.3) is 33.5 Å². The maximum absolute atomic E-state index is 13.4. The molecule has 0 radical (unpaired) electrons. The number of carbonyl (C=O) groups is 2. The number of piperazine rings is 1. The number of carbonyl (C=O) groups excluding carboxylic acids is 2. The Hall–Kier alpha value is -5.23. The zero-order valence-electron chi connectivity index (χ0n) is 25.0. The Morgan fingerprint density at radius 2 is 1.74 bits per heavy atom. The number of nitrogens with one attached hydrogen (secondary N) is 2. The molecule has 232 valence electrons. The number of fused-ring (bicyclic) bond motifs is 3. The maximum atomic E-state index is 13.4. The number of H-pyrrole nitrogens is 1. The zero-order valence-corrected chi connectivity index (χ0v) is 25.0. The predicted octanol–water partition coefficient (Wildman–Crippen LogP) is 3.97. The molecule has 2 N–H and O–H groups in total. The maximum Gasteiger partial charge on any atom is 0.237 e. The Balaban J connectivity index is 0.846. The fraction of sp³-hybridized carbons (Fsp3) is 0.294. The molecule has 0 unspecified atom stereocenters. The fourth-order valence-corrected chi connectivity index (χ4v) is 7.09. The summed E-state index contributed by atoms with van der Waals surface area (Å²) in [5.41, 5.74) is 5.31. The van der Waals surface area contributed by atoms with Crippen molar-refractivity contribution in [1.82, 2.24) is 34.9 Å². The molecule has 2 bridgehead atoms. The van der Waals surface area contributed by atoms with Gasteiger partial charge in [-0.3, -0.25) is 24.6 Å². The second kappa shape index (κ2) is 11.6. The van der Waals surface area contributed by atoms with Gasteiger partial charge in [0.25, 0.3) is 0 Å². The summed E-state index contributed by atoms with van der Waals surface area (Å²) in [6, 6.07) is 18.0. The second-order valence-corrected chi connectivity index (χ2v) is 12.3. The lowest BCUT2D eigenvalue weighted by atomic mass is 10.1. The van der Waals surface area contributed by atoms with Crippen molar-refractivity contribution < 1.29 is 14.0 Å². The third-order valence-corrected chi connectivity index (χ3v) is 9.42. The number of pyridine rings is 1. The van der Waals surface area contributed by atoms with Gasteiger partial charge in [0.2, 0.25) is 11.8 Å². The molecule has 0 saturated carbocycles. The molecule has 3 fully saturated rings. The van der Waals surface area contributed by atoms with E-state index in [2.05, 4.69) is 40.3 Å². The van der Waals surface area contributed by atoms with Gasteiger partial charge < -0.3 is 15.1 Å². The molecule has 6 heterocycles. The Labute approximate surface area is 264 Å². The monoisotopic (exact) mass is 617 g/mol. The first-order valence-corrected chi connectivity index (χ1v) is 15.5. The van der Waals surface area contributed by atoms with Crippen LogP contribution in [-0.2, 0) is 9.59 Å². The van der Waals surface area contributed by atoms with E-state index in [0.29, 0.717) is 31.9 Å². The van der Waals surface area contributed by atoms with Crippen LogP contribution in [0.2, 0.25) is 0 Å². The Bertz CT molecular complexity index is 1900. The summed E-state index contributed by atoms with van der Waals surface area (Å²) >= 11 is 0. The minimum absolute atomic E-state index is 0.0314. The standard InChI is InChI=1S/C34H32FN9O2/c35-24-15-37-33(38-16-24)22-1-4-26(5-2-22)43-18-28-14-27(43)19-44(28)31(45)20-42-12-9-23(17-42)34(46)39-25-3-6-30-29(13-25)32(41-40-30)21-7-10-36-11-8-21/h1-8,10-11,13,15-16,23,27-28H,9,12,14,17-20H2,(H,39,46)(H,40,41)/t23-,27+,28+/m1/s1. The van der Waals surface area contributed by atoms with Crippen LogP contribution in [0.15, 0.2) is 79.4 Å². The Morgan fingerprint density at radius 3 is 2.50 bits per heavy atom. The van der Waals surface area contributed by atoms with Crippen LogP contribution in [0.4, 0.5) is 15.8 Å². The Kier molecular flexibility index (Phi) is 7.13. The third-order valence-electron chi connectivity index (χ3n) is 9.42. The molecular weight excluding hydrogens is 585 g/mol. The van der Waals surface area contributed by atoms with E-state index in [1.54, 1.807) is 12.4 Å². The SMILES string of the molecule is O=C(Nc1ccc2[nH]nc(-c3ccncc3)c2c1)[C@@H]1CCN(CC(=O)N2C[C@@H]3C[C@H]2CN3c2ccc(-c3ncc(F)cn3)cc2)C1. The van der Waals surface area contributed by atoms with Crippen LogP contribution in [0.1, 0.15) is 12.8 Å². The molecule has 0 spiro atoms. The average molecular weight is 618 g/mol. The number of amides is 2. The van der Waals surface area contributed by atoms with E-state index in [1.807, 2.05) is 59.5 Å². The minimum Gasteiger partial charge on any atom is -0.365 e. The van der Waals surface area contributed by atoms with Gasteiger partial charge in [-0.05, 0) is 74.0 Å². The molecule has 8 rings (SSSR count). The van der Waals surface area contributed by atoms with Gasteiger partial charge in [0.1, 0.15) is 5.69 Å². The molecule has 2 amide bonds. The number of hydrogen-bond donors (Lipinski definition) is 2. The molecule has 3 aromatic heterocycles. The zero-order chi connectivity index (χ0) is 31.2. The van der Waals surface area contributed by atoms with E-state index >= 15 is 0 Å².